The summed E-state index contributed by atoms with van der Waals surface area (Å²) in [5.41, 5.74) is 1.42. The van der Waals surface area contributed by atoms with Crippen LogP contribution in [0.2, 0.25) is 0 Å². The first-order valence-electron chi connectivity index (χ1n) is 7.41. The second-order valence-electron chi connectivity index (χ2n) is 6.54. The zero-order chi connectivity index (χ0) is 14.3. The third-order valence-corrected chi connectivity index (χ3v) is 5.45. The fraction of sp³-hybridized carbons (Fsp3) is 0.625. The monoisotopic (exact) mass is 340 g/mol. The lowest BCUT2D eigenvalue weighted by Gasteiger charge is -2.48. The van der Waals surface area contributed by atoms with E-state index in [-0.39, 0.29) is 11.4 Å². The van der Waals surface area contributed by atoms with Crippen molar-refractivity contribution in [2.75, 3.05) is 13.1 Å². The molecule has 0 radical (unpaired) electrons. The van der Waals surface area contributed by atoms with Crippen LogP contribution in [0.25, 0.3) is 0 Å². The van der Waals surface area contributed by atoms with Crippen molar-refractivity contribution in [3.63, 3.8) is 0 Å². The van der Waals surface area contributed by atoms with Crippen LogP contribution in [0.4, 0.5) is 4.39 Å². The summed E-state index contributed by atoms with van der Waals surface area (Å²) in [5, 5.41) is 3.62. The number of nitrogens with one attached hydrogen (secondary N) is 1. The van der Waals surface area contributed by atoms with E-state index in [0.717, 1.165) is 25.6 Å². The zero-order valence-corrected chi connectivity index (χ0v) is 13.7. The largest absolute Gasteiger partial charge is 0.311 e. The van der Waals surface area contributed by atoms with E-state index in [2.05, 4.69) is 40.0 Å². The smallest absolute Gasteiger partial charge is 0.137 e. The lowest BCUT2D eigenvalue weighted by molar-refractivity contribution is 0.0312. The first-order valence-corrected chi connectivity index (χ1v) is 8.21. The number of benzene rings is 1. The molecular formula is C16H22BrFN2. The minimum absolute atomic E-state index is 0.188. The molecule has 2 nitrogen and oxygen atoms in total. The van der Waals surface area contributed by atoms with Gasteiger partial charge < -0.3 is 5.32 Å². The topological polar surface area (TPSA) is 15.3 Å². The molecule has 110 valence electrons. The van der Waals surface area contributed by atoms with Gasteiger partial charge in [0.15, 0.2) is 0 Å². The number of rotatable bonds is 3. The summed E-state index contributed by atoms with van der Waals surface area (Å²) < 4.78 is 13.9. The van der Waals surface area contributed by atoms with Crippen LogP contribution in [-0.4, -0.2) is 29.6 Å². The van der Waals surface area contributed by atoms with Crippen molar-refractivity contribution in [2.24, 2.45) is 5.92 Å². The SMILES string of the molecule is CC1CN(Cc2ccc(F)c(Br)c2)C(C)(C2CC2)CN1. The highest BCUT2D eigenvalue weighted by atomic mass is 79.9. The molecule has 1 aliphatic carbocycles. The summed E-state index contributed by atoms with van der Waals surface area (Å²) in [6.45, 7) is 7.63. The molecule has 2 fully saturated rings. The second-order valence-corrected chi connectivity index (χ2v) is 7.40. The number of hydrogen-bond acceptors (Lipinski definition) is 2. The Kier molecular flexibility index (Phi) is 3.91. The molecule has 1 heterocycles. The van der Waals surface area contributed by atoms with Crippen LogP contribution in [0.5, 0.6) is 0 Å². The van der Waals surface area contributed by atoms with E-state index in [1.807, 2.05) is 12.1 Å². The molecule has 2 atom stereocenters. The Labute approximate surface area is 128 Å². The van der Waals surface area contributed by atoms with Gasteiger partial charge in [0.25, 0.3) is 0 Å². The van der Waals surface area contributed by atoms with Crippen molar-refractivity contribution in [3.8, 4) is 0 Å². The van der Waals surface area contributed by atoms with Gasteiger partial charge >= 0.3 is 0 Å². The van der Waals surface area contributed by atoms with Gasteiger partial charge in [0, 0.05) is 31.2 Å². The van der Waals surface area contributed by atoms with Gasteiger partial charge in [-0.2, -0.15) is 0 Å². The maximum atomic E-state index is 13.4. The van der Waals surface area contributed by atoms with Crippen molar-refractivity contribution in [1.29, 1.82) is 0 Å². The van der Waals surface area contributed by atoms with E-state index in [1.54, 1.807) is 6.07 Å². The zero-order valence-electron chi connectivity index (χ0n) is 12.1. The molecule has 0 spiro atoms. The van der Waals surface area contributed by atoms with E-state index in [4.69, 9.17) is 0 Å². The van der Waals surface area contributed by atoms with Crippen LogP contribution in [0.1, 0.15) is 32.3 Å². The minimum Gasteiger partial charge on any atom is -0.311 e. The van der Waals surface area contributed by atoms with Crippen LogP contribution in [0.15, 0.2) is 22.7 Å². The van der Waals surface area contributed by atoms with Crippen LogP contribution in [-0.2, 0) is 6.54 Å². The van der Waals surface area contributed by atoms with E-state index in [0.29, 0.717) is 10.5 Å². The molecule has 0 bridgehead atoms. The molecule has 2 unspecified atom stereocenters. The number of nitrogens with zero attached hydrogens (tertiary/aromatic N) is 1. The van der Waals surface area contributed by atoms with Gasteiger partial charge in [-0.3, -0.25) is 4.90 Å². The van der Waals surface area contributed by atoms with E-state index in [1.165, 1.54) is 18.4 Å². The average Bonchev–Trinajstić information content (AvgIpc) is 3.23. The second kappa shape index (κ2) is 5.39. The molecule has 0 aromatic heterocycles. The Morgan fingerprint density at radius 1 is 1.45 bits per heavy atom. The maximum Gasteiger partial charge on any atom is 0.137 e. The predicted octanol–water partition coefficient (Wildman–Crippen LogP) is 3.55. The van der Waals surface area contributed by atoms with Crippen molar-refractivity contribution in [3.05, 3.63) is 34.1 Å². The summed E-state index contributed by atoms with van der Waals surface area (Å²) in [7, 11) is 0. The number of piperazine rings is 1. The van der Waals surface area contributed by atoms with Crippen LogP contribution < -0.4 is 5.32 Å². The van der Waals surface area contributed by atoms with Gasteiger partial charge in [-0.05, 0) is 66.2 Å². The van der Waals surface area contributed by atoms with Crippen molar-refractivity contribution < 1.29 is 4.39 Å². The van der Waals surface area contributed by atoms with Crippen molar-refractivity contribution in [2.45, 2.75) is 44.8 Å². The van der Waals surface area contributed by atoms with E-state index in [9.17, 15) is 4.39 Å². The Morgan fingerprint density at radius 3 is 2.85 bits per heavy atom. The summed E-state index contributed by atoms with van der Waals surface area (Å²) in [6.07, 6.45) is 2.69. The Balaban J connectivity index is 1.80. The van der Waals surface area contributed by atoms with Crippen LogP contribution >= 0.6 is 15.9 Å². The van der Waals surface area contributed by atoms with Gasteiger partial charge in [0.05, 0.1) is 4.47 Å². The lowest BCUT2D eigenvalue weighted by Crippen LogP contribution is -2.63. The summed E-state index contributed by atoms with van der Waals surface area (Å²) in [5.74, 6) is 0.624. The van der Waals surface area contributed by atoms with Gasteiger partial charge in [-0.15, -0.1) is 0 Å². The molecule has 4 heteroatoms. The highest BCUT2D eigenvalue weighted by Crippen LogP contribution is 2.44. The lowest BCUT2D eigenvalue weighted by atomic mass is 9.89. The highest BCUT2D eigenvalue weighted by Gasteiger charge is 2.47. The molecule has 1 N–H and O–H groups in total. The fourth-order valence-electron chi connectivity index (χ4n) is 3.31. The third kappa shape index (κ3) is 2.78. The fourth-order valence-corrected chi connectivity index (χ4v) is 3.73. The molecule has 1 aromatic carbocycles. The molecular weight excluding hydrogens is 319 g/mol. The normalized spacial score (nSPS) is 31.5. The summed E-state index contributed by atoms with van der Waals surface area (Å²) >= 11 is 3.29. The van der Waals surface area contributed by atoms with Gasteiger partial charge in [-0.25, -0.2) is 4.39 Å². The average molecular weight is 341 g/mol. The Morgan fingerprint density at radius 2 is 2.20 bits per heavy atom. The third-order valence-electron chi connectivity index (χ3n) is 4.84. The predicted molar refractivity (Wildman–Crippen MR) is 83.1 cm³/mol. The van der Waals surface area contributed by atoms with Gasteiger partial charge in [-0.1, -0.05) is 6.07 Å². The van der Waals surface area contributed by atoms with Crippen molar-refractivity contribution in [1.82, 2.24) is 10.2 Å². The molecule has 1 saturated heterocycles. The van der Waals surface area contributed by atoms with Gasteiger partial charge in [0.2, 0.25) is 0 Å². The highest BCUT2D eigenvalue weighted by molar-refractivity contribution is 9.10. The quantitative estimate of drug-likeness (QED) is 0.905. The van der Waals surface area contributed by atoms with Gasteiger partial charge in [0.1, 0.15) is 5.82 Å². The summed E-state index contributed by atoms with van der Waals surface area (Å²) in [4.78, 5) is 2.59. The number of hydrogen-bond donors (Lipinski definition) is 1. The standard InChI is InChI=1S/C16H22BrFN2/c1-11-8-20(16(2,10-19-11)13-4-5-13)9-12-3-6-15(18)14(17)7-12/h3,6-7,11,13,19H,4-5,8-10H2,1-2H3. The first kappa shape index (κ1) is 14.5. The van der Waals surface area contributed by atoms with Crippen LogP contribution in [0.3, 0.4) is 0 Å². The molecule has 1 aromatic rings. The molecule has 20 heavy (non-hydrogen) atoms. The van der Waals surface area contributed by atoms with E-state index < -0.39 is 0 Å². The Hall–Kier alpha value is -0.450. The molecule has 2 aliphatic rings. The first-order chi connectivity index (χ1) is 9.49. The molecule has 3 rings (SSSR count). The van der Waals surface area contributed by atoms with Crippen LogP contribution in [0, 0.1) is 11.7 Å². The van der Waals surface area contributed by atoms with Crippen molar-refractivity contribution >= 4 is 15.9 Å². The Bertz CT molecular complexity index is 503. The number of halogens is 2. The maximum absolute atomic E-state index is 13.4. The molecule has 0 amide bonds. The minimum atomic E-state index is -0.188. The summed E-state index contributed by atoms with van der Waals surface area (Å²) in [6, 6.07) is 5.89. The molecule has 1 aliphatic heterocycles. The molecule has 1 saturated carbocycles. The van der Waals surface area contributed by atoms with E-state index >= 15 is 0 Å².